The molecule has 0 spiro atoms. The molecule has 0 bridgehead atoms. The van der Waals surface area contributed by atoms with Crippen LogP contribution in [0.15, 0.2) is 255 Å². The molecule has 0 saturated carbocycles. The molecule has 8 aromatic carbocycles. The zero-order valence-corrected chi connectivity index (χ0v) is 45.1. The molecule has 1 aliphatic rings. The number of aryl methyl sites for hydroxylation is 4. The zero-order chi connectivity index (χ0) is 50.9. The number of benzene rings is 8. The van der Waals surface area contributed by atoms with Gasteiger partial charge in [-0.15, -0.1) is 94.5 Å². The molecule has 0 atom stereocenters. The van der Waals surface area contributed by atoms with Gasteiger partial charge in [-0.3, -0.25) is 9.97 Å². The van der Waals surface area contributed by atoms with Crippen molar-refractivity contribution in [1.82, 2.24) is 15.0 Å². The van der Waals surface area contributed by atoms with Gasteiger partial charge in [0.25, 0.3) is 0 Å². The first-order chi connectivity index (χ1) is 37.6. The summed E-state index contributed by atoms with van der Waals surface area (Å²) in [6.07, 6.45) is 12.3. The molecular weight excluding hydrogens is 1110 g/mol. The molecule has 12 rings (SSSR count). The van der Waals surface area contributed by atoms with Crippen LogP contribution in [0, 0.1) is 18.2 Å². The average Bonchev–Trinajstić information content (AvgIpc) is 3.51. The van der Waals surface area contributed by atoms with Gasteiger partial charge in [0.15, 0.2) is 0 Å². The van der Waals surface area contributed by atoms with Gasteiger partial charge in [-0.25, -0.2) is 0 Å². The van der Waals surface area contributed by atoms with Crippen molar-refractivity contribution in [2.75, 3.05) is 0 Å². The summed E-state index contributed by atoms with van der Waals surface area (Å²) in [5.74, 6) is 0. The molecule has 3 aromatic heterocycles. The largest absolute Gasteiger partial charge is 3.00 e. The van der Waals surface area contributed by atoms with Crippen molar-refractivity contribution in [2.24, 2.45) is 0 Å². The van der Waals surface area contributed by atoms with Gasteiger partial charge in [0, 0.05) is 6.20 Å². The Morgan fingerprint density at radius 3 is 1.31 bits per heavy atom. The Kier molecular flexibility index (Phi) is 15.7. The monoisotopic (exact) mass is 1170 g/mol. The smallest absolute Gasteiger partial charge is 0.305 e. The molecule has 0 radical (unpaired) electrons. The molecule has 370 valence electrons. The summed E-state index contributed by atoms with van der Waals surface area (Å²) >= 11 is 0. The van der Waals surface area contributed by atoms with Gasteiger partial charge in [0.05, 0.1) is 11.4 Å². The Morgan fingerprint density at radius 1 is 0.312 bits per heavy atom. The van der Waals surface area contributed by atoms with E-state index in [0.717, 1.165) is 106 Å². The van der Waals surface area contributed by atoms with Crippen molar-refractivity contribution in [3.05, 3.63) is 307 Å². The molecule has 4 heteroatoms. The molecule has 0 N–H and O–H groups in total. The standard InChI is InChI=1S/C73H54N3.Ir/c1-4-16-56(17-5-1)57-41-43-58(44-42-57)68-51-63(69-24-12-13-47-74-69)45-46-67(68)66-23-11-10-22-65(66)64-49-54(31-29-52-33-37-61(38-34-52)72-27-14-25-70(75-72)59-18-6-2-7-19-59)48-55(50-64)32-30-53-35-39-62(40-36-53)73-28-15-26-71(76-73)60-20-8-3-9-21-60;/h1-9,12-28,33-37,39,41-44,46-51H,10-11,29-32H2;/q-3;+3. The number of hydrogen-bond acceptors (Lipinski definition) is 3. The first-order valence-electron chi connectivity index (χ1n) is 26.4. The van der Waals surface area contributed by atoms with Gasteiger partial charge in [-0.05, 0) is 111 Å². The van der Waals surface area contributed by atoms with Crippen LogP contribution in [0.25, 0.3) is 89.7 Å². The summed E-state index contributed by atoms with van der Waals surface area (Å²) in [7, 11) is 0. The fraction of sp³-hybridized carbons (Fsp3) is 0.0822. The number of aromatic nitrogens is 3. The van der Waals surface area contributed by atoms with Crippen LogP contribution in [0.5, 0.6) is 0 Å². The van der Waals surface area contributed by atoms with Crippen molar-refractivity contribution in [3.63, 3.8) is 0 Å². The summed E-state index contributed by atoms with van der Waals surface area (Å²) in [6.45, 7) is 0. The van der Waals surface area contributed by atoms with Crippen molar-refractivity contribution < 1.29 is 20.1 Å². The van der Waals surface area contributed by atoms with Gasteiger partial charge < -0.3 is 4.98 Å². The average molecular weight is 1170 g/mol. The fourth-order valence-corrected chi connectivity index (χ4v) is 10.3. The van der Waals surface area contributed by atoms with Crippen LogP contribution in [0.2, 0.25) is 0 Å². The van der Waals surface area contributed by atoms with Crippen LogP contribution in [-0.2, 0) is 45.8 Å². The molecule has 11 aromatic rings. The summed E-state index contributed by atoms with van der Waals surface area (Å²) < 4.78 is 0. The second kappa shape index (κ2) is 23.9. The predicted molar refractivity (Wildman–Crippen MR) is 314 cm³/mol. The van der Waals surface area contributed by atoms with Crippen LogP contribution in [0.3, 0.4) is 0 Å². The maximum absolute atomic E-state index is 5.00. The predicted octanol–water partition coefficient (Wildman–Crippen LogP) is 17.8. The molecule has 0 fully saturated rings. The number of pyridine rings is 3. The third kappa shape index (κ3) is 11.9. The normalized spacial score (nSPS) is 12.1. The second-order valence-electron chi connectivity index (χ2n) is 19.5. The number of nitrogens with zero attached hydrogens (tertiary/aromatic N) is 3. The fourth-order valence-electron chi connectivity index (χ4n) is 10.3. The summed E-state index contributed by atoms with van der Waals surface area (Å²) in [6, 6.07) is 94.5. The van der Waals surface area contributed by atoms with Gasteiger partial charge in [-0.1, -0.05) is 212 Å². The van der Waals surface area contributed by atoms with E-state index in [1.165, 1.54) is 55.7 Å². The Labute approximate surface area is 466 Å². The van der Waals surface area contributed by atoms with Crippen molar-refractivity contribution in [3.8, 4) is 78.5 Å². The van der Waals surface area contributed by atoms with E-state index in [-0.39, 0.29) is 20.1 Å². The van der Waals surface area contributed by atoms with E-state index < -0.39 is 0 Å². The van der Waals surface area contributed by atoms with Gasteiger partial charge in [0.2, 0.25) is 0 Å². The second-order valence-corrected chi connectivity index (χ2v) is 19.5. The van der Waals surface area contributed by atoms with Crippen LogP contribution in [0.1, 0.15) is 46.2 Å². The van der Waals surface area contributed by atoms with E-state index in [0.29, 0.717) is 0 Å². The Morgan fingerprint density at radius 2 is 0.779 bits per heavy atom. The van der Waals surface area contributed by atoms with Gasteiger partial charge in [-0.2, -0.15) is 0 Å². The quantitative estimate of drug-likeness (QED) is 0.0960. The van der Waals surface area contributed by atoms with E-state index in [1.54, 1.807) is 0 Å². The SMILES string of the molecule is [Ir+3].[c-]1cc(C2=CCCC=C2c2cc(CCc3c[c-]c(-c4cccc(-c5ccccc5)n4)cc3)cc(CCc3c[c-]c(-c4cccc(-c5ccccc5)n4)cc3)c2)c(-c2ccc(-c3ccccc3)cc2)cc1-c1ccccn1. The first kappa shape index (κ1) is 50.5. The summed E-state index contributed by atoms with van der Waals surface area (Å²) in [5, 5.41) is 0. The molecule has 1 aliphatic carbocycles. The van der Waals surface area contributed by atoms with Gasteiger partial charge in [0.1, 0.15) is 0 Å². The molecule has 3 heterocycles. The van der Waals surface area contributed by atoms with Crippen LogP contribution < -0.4 is 0 Å². The molecule has 0 unspecified atom stereocenters. The maximum atomic E-state index is 5.00. The van der Waals surface area contributed by atoms with Crippen LogP contribution in [0.4, 0.5) is 0 Å². The maximum Gasteiger partial charge on any atom is 3.00 e. The minimum atomic E-state index is 0. The Bertz CT molecular complexity index is 3660. The van der Waals surface area contributed by atoms with Crippen LogP contribution >= 0.6 is 0 Å². The zero-order valence-electron chi connectivity index (χ0n) is 42.7. The third-order valence-corrected chi connectivity index (χ3v) is 14.4. The van der Waals surface area contributed by atoms with E-state index >= 15 is 0 Å². The van der Waals surface area contributed by atoms with Crippen molar-refractivity contribution in [1.29, 1.82) is 0 Å². The number of allylic oxidation sites excluding steroid dienone is 4. The van der Waals surface area contributed by atoms with Crippen molar-refractivity contribution in [2.45, 2.75) is 38.5 Å². The van der Waals surface area contributed by atoms with Crippen LogP contribution in [-0.4, -0.2) is 15.0 Å². The van der Waals surface area contributed by atoms with E-state index in [9.17, 15) is 0 Å². The van der Waals surface area contributed by atoms with Gasteiger partial charge >= 0.3 is 20.1 Å². The van der Waals surface area contributed by atoms with E-state index in [4.69, 9.17) is 15.0 Å². The number of hydrogen-bond donors (Lipinski definition) is 0. The Hall–Kier alpha value is -8.66. The minimum absolute atomic E-state index is 0. The topological polar surface area (TPSA) is 38.7 Å². The summed E-state index contributed by atoms with van der Waals surface area (Å²) in [5.41, 5.74) is 24.6. The van der Waals surface area contributed by atoms with E-state index in [1.807, 2.05) is 30.5 Å². The molecule has 77 heavy (non-hydrogen) atoms. The van der Waals surface area contributed by atoms with E-state index in [2.05, 4.69) is 243 Å². The number of rotatable bonds is 15. The molecule has 3 nitrogen and oxygen atoms in total. The third-order valence-electron chi connectivity index (χ3n) is 14.4. The molecule has 0 aliphatic heterocycles. The first-order valence-corrected chi connectivity index (χ1v) is 26.4. The van der Waals surface area contributed by atoms with Crippen molar-refractivity contribution >= 4 is 11.1 Å². The minimum Gasteiger partial charge on any atom is -0.305 e. The molecule has 0 saturated heterocycles. The Balaban J connectivity index is 0.00000631. The molecule has 0 amide bonds. The molecular formula is C73H54IrN3. The summed E-state index contributed by atoms with van der Waals surface area (Å²) in [4.78, 5) is 14.7.